The van der Waals surface area contributed by atoms with Crippen LogP contribution in [0.5, 0.6) is 11.5 Å². The summed E-state index contributed by atoms with van der Waals surface area (Å²) in [5.74, 6) is 0.365. The highest BCUT2D eigenvalue weighted by atomic mass is 35.5. The smallest absolute Gasteiger partial charge is 0.267 e. The van der Waals surface area contributed by atoms with Crippen LogP contribution in [0.4, 0.5) is 11.4 Å². The quantitative estimate of drug-likeness (QED) is 0.589. The summed E-state index contributed by atoms with van der Waals surface area (Å²) in [7, 11) is 2.98. The number of hydrogen-bond donors (Lipinski definition) is 2. The summed E-state index contributed by atoms with van der Waals surface area (Å²) in [5, 5.41) is 15.3. The molecule has 0 bridgehead atoms. The van der Waals surface area contributed by atoms with E-state index in [1.54, 1.807) is 18.2 Å². The molecule has 1 amide bonds. The highest BCUT2D eigenvalue weighted by Gasteiger charge is 2.13. The number of hydrogen-bond acceptors (Lipinski definition) is 5. The lowest BCUT2D eigenvalue weighted by Crippen LogP contribution is -2.15. The van der Waals surface area contributed by atoms with E-state index in [4.69, 9.17) is 21.1 Å². The van der Waals surface area contributed by atoms with Crippen molar-refractivity contribution < 1.29 is 14.3 Å². The fraction of sp³-hybridized carbons (Fsp3) is 0.158. The van der Waals surface area contributed by atoms with Gasteiger partial charge in [0.15, 0.2) is 0 Å². The van der Waals surface area contributed by atoms with Gasteiger partial charge in [-0.15, -0.1) is 0 Å². The third-order valence-electron chi connectivity index (χ3n) is 3.60. The van der Waals surface area contributed by atoms with E-state index in [2.05, 4.69) is 10.6 Å². The van der Waals surface area contributed by atoms with E-state index in [0.29, 0.717) is 27.9 Å². The molecule has 0 unspecified atom stereocenters. The van der Waals surface area contributed by atoms with Crippen molar-refractivity contribution in [2.45, 2.75) is 6.92 Å². The minimum Gasteiger partial charge on any atom is -0.495 e. The Bertz CT molecular complexity index is 888. The lowest BCUT2D eigenvalue weighted by molar-refractivity contribution is -0.112. The number of halogens is 1. The van der Waals surface area contributed by atoms with Gasteiger partial charge in [-0.2, -0.15) is 5.26 Å². The van der Waals surface area contributed by atoms with E-state index in [-0.39, 0.29) is 5.57 Å². The van der Waals surface area contributed by atoms with Gasteiger partial charge < -0.3 is 20.1 Å². The highest BCUT2D eigenvalue weighted by molar-refractivity contribution is 6.32. The van der Waals surface area contributed by atoms with E-state index < -0.39 is 5.91 Å². The second-order valence-corrected chi connectivity index (χ2v) is 5.68. The van der Waals surface area contributed by atoms with Gasteiger partial charge in [0.2, 0.25) is 0 Å². The zero-order chi connectivity index (χ0) is 19.1. The minimum atomic E-state index is -0.519. The molecule has 2 rings (SSSR count). The van der Waals surface area contributed by atoms with Gasteiger partial charge in [-0.25, -0.2) is 0 Å². The van der Waals surface area contributed by atoms with E-state index >= 15 is 0 Å². The zero-order valence-electron chi connectivity index (χ0n) is 14.6. The number of amides is 1. The molecule has 7 heteroatoms. The van der Waals surface area contributed by atoms with Crippen molar-refractivity contribution in [3.8, 4) is 17.6 Å². The average molecular weight is 372 g/mol. The lowest BCUT2D eigenvalue weighted by Gasteiger charge is -2.12. The number of nitrogens with zero attached hydrogens (tertiary/aromatic N) is 1. The molecular weight excluding hydrogens is 354 g/mol. The molecule has 26 heavy (non-hydrogen) atoms. The summed E-state index contributed by atoms with van der Waals surface area (Å²) in [6.45, 7) is 1.87. The Kier molecular flexibility index (Phi) is 6.48. The molecule has 134 valence electrons. The number of ether oxygens (including phenoxy) is 2. The Hall–Kier alpha value is -3.17. The Morgan fingerprint density at radius 2 is 1.85 bits per heavy atom. The monoisotopic (exact) mass is 371 g/mol. The number of aryl methyl sites for hydroxylation is 1. The second kappa shape index (κ2) is 8.79. The summed E-state index contributed by atoms with van der Waals surface area (Å²) in [6.07, 6.45) is 1.30. The Balaban J connectivity index is 2.23. The molecule has 0 radical (unpaired) electrons. The van der Waals surface area contributed by atoms with Gasteiger partial charge in [-0.05, 0) is 18.6 Å². The van der Waals surface area contributed by atoms with E-state index in [0.717, 1.165) is 5.56 Å². The molecule has 0 spiro atoms. The first-order chi connectivity index (χ1) is 12.5. The Morgan fingerprint density at radius 3 is 2.46 bits per heavy atom. The van der Waals surface area contributed by atoms with Gasteiger partial charge in [0, 0.05) is 24.0 Å². The van der Waals surface area contributed by atoms with Crippen LogP contribution < -0.4 is 20.1 Å². The summed E-state index contributed by atoms with van der Waals surface area (Å²) in [5.41, 5.74) is 1.95. The average Bonchev–Trinajstić information content (AvgIpc) is 2.64. The molecule has 2 aromatic carbocycles. The van der Waals surface area contributed by atoms with Crippen LogP contribution in [0, 0.1) is 18.3 Å². The number of carbonyl (C=O) groups excluding carboxylic acids is 1. The Labute approximate surface area is 157 Å². The molecule has 0 saturated carbocycles. The van der Waals surface area contributed by atoms with Crippen molar-refractivity contribution in [2.24, 2.45) is 0 Å². The summed E-state index contributed by atoms with van der Waals surface area (Å²) >= 11 is 6.06. The number of methoxy groups -OCH3 is 2. The van der Waals surface area contributed by atoms with Crippen LogP contribution in [0.2, 0.25) is 5.02 Å². The third-order valence-corrected chi connectivity index (χ3v) is 3.90. The zero-order valence-corrected chi connectivity index (χ0v) is 15.3. The number of nitriles is 1. The normalized spacial score (nSPS) is 10.7. The molecule has 2 N–H and O–H groups in total. The van der Waals surface area contributed by atoms with Crippen molar-refractivity contribution in [3.63, 3.8) is 0 Å². The number of para-hydroxylation sites is 1. The van der Waals surface area contributed by atoms with Gasteiger partial charge in [0.05, 0.1) is 24.9 Å². The number of carbonyl (C=O) groups is 1. The first-order valence-electron chi connectivity index (χ1n) is 7.65. The van der Waals surface area contributed by atoms with Crippen LogP contribution in [0.1, 0.15) is 5.56 Å². The van der Waals surface area contributed by atoms with Gasteiger partial charge in [0.1, 0.15) is 23.1 Å². The first kappa shape index (κ1) is 19.2. The molecule has 0 aliphatic rings. The van der Waals surface area contributed by atoms with E-state index in [1.807, 2.05) is 31.2 Å². The minimum absolute atomic E-state index is 0.0933. The van der Waals surface area contributed by atoms with Crippen molar-refractivity contribution in [3.05, 3.63) is 58.8 Å². The predicted octanol–water partition coefficient (Wildman–Crippen LogP) is 4.12. The summed E-state index contributed by atoms with van der Waals surface area (Å²) < 4.78 is 10.4. The SMILES string of the molecule is COc1cc(N/C=C(/C#N)C(=O)Nc2ccccc2C)c(OC)cc1Cl. The third kappa shape index (κ3) is 4.47. The number of benzene rings is 2. The summed E-state index contributed by atoms with van der Waals surface area (Å²) in [4.78, 5) is 12.3. The number of anilines is 2. The largest absolute Gasteiger partial charge is 0.495 e. The molecule has 0 heterocycles. The number of nitrogens with one attached hydrogen (secondary N) is 2. The lowest BCUT2D eigenvalue weighted by atomic mass is 10.2. The molecule has 0 atom stereocenters. The second-order valence-electron chi connectivity index (χ2n) is 5.27. The van der Waals surface area contributed by atoms with Crippen molar-refractivity contribution >= 4 is 28.9 Å². The van der Waals surface area contributed by atoms with E-state index in [9.17, 15) is 10.1 Å². The maximum absolute atomic E-state index is 12.3. The maximum Gasteiger partial charge on any atom is 0.267 e. The van der Waals surface area contributed by atoms with Gasteiger partial charge in [-0.3, -0.25) is 4.79 Å². The van der Waals surface area contributed by atoms with Crippen molar-refractivity contribution in [2.75, 3.05) is 24.9 Å². The van der Waals surface area contributed by atoms with Crippen LogP contribution in [0.15, 0.2) is 48.2 Å². The van der Waals surface area contributed by atoms with Gasteiger partial charge in [-0.1, -0.05) is 29.8 Å². The van der Waals surface area contributed by atoms with Crippen LogP contribution in [0.3, 0.4) is 0 Å². The molecular formula is C19H18ClN3O3. The van der Waals surface area contributed by atoms with Gasteiger partial charge >= 0.3 is 0 Å². The molecule has 0 aromatic heterocycles. The van der Waals surface area contributed by atoms with Crippen molar-refractivity contribution in [1.29, 1.82) is 5.26 Å². The highest BCUT2D eigenvalue weighted by Crippen LogP contribution is 2.35. The summed E-state index contributed by atoms with van der Waals surface area (Å²) in [6, 6.07) is 12.4. The van der Waals surface area contributed by atoms with Crippen molar-refractivity contribution in [1.82, 2.24) is 0 Å². The molecule has 0 aliphatic carbocycles. The van der Waals surface area contributed by atoms with E-state index in [1.165, 1.54) is 20.4 Å². The van der Waals surface area contributed by atoms with Crippen LogP contribution in [-0.2, 0) is 4.79 Å². The maximum atomic E-state index is 12.3. The predicted molar refractivity (Wildman–Crippen MR) is 102 cm³/mol. The first-order valence-corrected chi connectivity index (χ1v) is 8.03. The number of rotatable bonds is 6. The topological polar surface area (TPSA) is 83.4 Å². The molecule has 6 nitrogen and oxygen atoms in total. The molecule has 0 fully saturated rings. The van der Waals surface area contributed by atoms with Gasteiger partial charge in [0.25, 0.3) is 5.91 Å². The molecule has 0 aliphatic heterocycles. The van der Waals surface area contributed by atoms with Crippen LogP contribution >= 0.6 is 11.6 Å². The van der Waals surface area contributed by atoms with Crippen LogP contribution in [0.25, 0.3) is 0 Å². The van der Waals surface area contributed by atoms with Crippen LogP contribution in [-0.4, -0.2) is 20.1 Å². The Morgan fingerprint density at radius 1 is 1.15 bits per heavy atom. The molecule has 0 saturated heterocycles. The molecule has 2 aromatic rings. The fourth-order valence-corrected chi connectivity index (χ4v) is 2.41. The fourth-order valence-electron chi connectivity index (χ4n) is 2.17. The standard InChI is InChI=1S/C19H18ClN3O3/c1-12-6-4-5-7-15(12)23-19(24)13(10-21)11-22-16-9-17(25-2)14(20)8-18(16)26-3/h4-9,11,22H,1-3H3,(H,23,24)/b13-11-.